The molecule has 2 amide bonds. The van der Waals surface area contributed by atoms with Gasteiger partial charge >= 0.3 is 0 Å². The summed E-state index contributed by atoms with van der Waals surface area (Å²) >= 11 is 11.8. The summed E-state index contributed by atoms with van der Waals surface area (Å²) in [4.78, 5) is 36.2. The van der Waals surface area contributed by atoms with Crippen molar-refractivity contribution in [2.24, 2.45) is 5.92 Å². The van der Waals surface area contributed by atoms with Gasteiger partial charge in [0.1, 0.15) is 5.69 Å². The van der Waals surface area contributed by atoms with E-state index < -0.39 is 11.7 Å². The number of carbonyl (C=O) groups excluding carboxylic acids is 2. The molecule has 2 atom stereocenters. The zero-order valence-corrected chi connectivity index (χ0v) is 25.2. The van der Waals surface area contributed by atoms with Crippen LogP contribution >= 0.6 is 23.2 Å². The van der Waals surface area contributed by atoms with Crippen LogP contribution < -0.4 is 15.5 Å². The van der Waals surface area contributed by atoms with Crippen LogP contribution in [-0.2, 0) is 4.79 Å². The van der Waals surface area contributed by atoms with Crippen molar-refractivity contribution in [2.75, 3.05) is 55.8 Å². The number of likely N-dealkylation sites (N-methyl/N-ethyl adjacent to an activating group) is 1. The largest absolute Gasteiger partial charge is 0.367 e. The molecule has 0 saturated carbocycles. The Hall–Kier alpha value is -3.46. The predicted molar refractivity (Wildman–Crippen MR) is 157 cm³/mol. The molecule has 2 aromatic heterocycles. The van der Waals surface area contributed by atoms with Gasteiger partial charge in [-0.25, -0.2) is 14.1 Å². The summed E-state index contributed by atoms with van der Waals surface area (Å²) < 4.78 is 16.9. The Labute approximate surface area is 252 Å². The summed E-state index contributed by atoms with van der Waals surface area (Å²) in [6.45, 7) is 7.04. The lowest BCUT2D eigenvalue weighted by atomic mass is 9.96. The number of benzene rings is 1. The van der Waals surface area contributed by atoms with Gasteiger partial charge in [-0.05, 0) is 71.5 Å². The van der Waals surface area contributed by atoms with E-state index in [0.29, 0.717) is 24.5 Å². The number of carbonyl (C=O) groups is 2. The number of hydrogen-bond donors (Lipinski definition) is 2. The number of piperidine rings is 1. The van der Waals surface area contributed by atoms with Crippen LogP contribution in [-0.4, -0.2) is 104 Å². The highest BCUT2D eigenvalue weighted by Crippen LogP contribution is 2.34. The first-order valence-corrected chi connectivity index (χ1v) is 14.4. The second kappa shape index (κ2) is 12.4. The number of nitrogens with zero attached hydrogens (tertiary/aromatic N) is 9. The molecular weight excluding hydrogens is 588 g/mol. The first-order chi connectivity index (χ1) is 20.0. The molecule has 42 heavy (non-hydrogen) atoms. The zero-order valence-electron chi connectivity index (χ0n) is 23.7. The van der Waals surface area contributed by atoms with Crippen molar-refractivity contribution in [1.82, 2.24) is 40.0 Å². The van der Waals surface area contributed by atoms with E-state index in [2.05, 4.69) is 59.8 Å². The van der Waals surface area contributed by atoms with Crippen LogP contribution in [0.2, 0.25) is 10.4 Å². The van der Waals surface area contributed by atoms with E-state index in [1.807, 2.05) is 19.0 Å². The zero-order chi connectivity index (χ0) is 30.1. The Morgan fingerprint density at radius 3 is 2.33 bits per heavy atom. The molecule has 2 aliphatic heterocycles. The highest BCUT2D eigenvalue weighted by atomic mass is 35.5. The van der Waals surface area contributed by atoms with E-state index in [9.17, 15) is 9.59 Å². The molecule has 2 saturated heterocycles. The second-order valence-electron chi connectivity index (χ2n) is 10.9. The minimum Gasteiger partial charge on any atom is -0.367 e. The molecular formula is C26H32Cl2FN11O2. The Bertz CT molecular complexity index is 1470. The third-order valence-corrected chi connectivity index (χ3v) is 8.35. The van der Waals surface area contributed by atoms with Gasteiger partial charge in [0.2, 0.25) is 11.2 Å². The van der Waals surface area contributed by atoms with Gasteiger partial charge in [-0.1, -0.05) is 16.8 Å². The molecule has 4 heterocycles. The van der Waals surface area contributed by atoms with Gasteiger partial charge in [0, 0.05) is 37.2 Å². The Morgan fingerprint density at radius 2 is 1.67 bits per heavy atom. The molecule has 0 unspecified atom stereocenters. The van der Waals surface area contributed by atoms with Crippen molar-refractivity contribution in [3.8, 4) is 5.69 Å². The number of amides is 2. The van der Waals surface area contributed by atoms with Crippen LogP contribution in [0.3, 0.4) is 0 Å². The van der Waals surface area contributed by atoms with E-state index in [-0.39, 0.29) is 51.5 Å². The molecule has 2 aliphatic rings. The summed E-state index contributed by atoms with van der Waals surface area (Å²) in [5.74, 6) is -1.37. The van der Waals surface area contributed by atoms with Gasteiger partial charge < -0.3 is 20.4 Å². The Morgan fingerprint density at radius 1 is 0.976 bits per heavy atom. The van der Waals surface area contributed by atoms with Gasteiger partial charge in [-0.15, -0.1) is 15.3 Å². The van der Waals surface area contributed by atoms with E-state index in [0.717, 1.165) is 25.9 Å². The van der Waals surface area contributed by atoms with E-state index in [1.165, 1.54) is 23.0 Å². The molecule has 0 aliphatic carbocycles. The first-order valence-electron chi connectivity index (χ1n) is 13.6. The van der Waals surface area contributed by atoms with Gasteiger partial charge in [-0.2, -0.15) is 0 Å². The highest BCUT2D eigenvalue weighted by molar-refractivity contribution is 6.34. The van der Waals surface area contributed by atoms with Gasteiger partial charge in [0.15, 0.2) is 22.5 Å². The fourth-order valence-electron chi connectivity index (χ4n) is 5.24. The lowest BCUT2D eigenvalue weighted by molar-refractivity contribution is -0.121. The molecule has 3 aromatic rings. The summed E-state index contributed by atoms with van der Waals surface area (Å²) in [6, 6.07) is 3.15. The van der Waals surface area contributed by atoms with Crippen LogP contribution in [0.25, 0.3) is 5.69 Å². The molecule has 2 N–H and O–H groups in total. The molecule has 13 nitrogen and oxygen atoms in total. The Balaban J connectivity index is 1.45. The van der Waals surface area contributed by atoms with Crippen LogP contribution in [0.1, 0.15) is 37.2 Å². The predicted octanol–water partition coefficient (Wildman–Crippen LogP) is 2.96. The van der Waals surface area contributed by atoms with Crippen molar-refractivity contribution in [2.45, 2.75) is 38.8 Å². The summed E-state index contributed by atoms with van der Waals surface area (Å²) in [6.07, 6.45) is 2.93. The lowest BCUT2D eigenvalue weighted by Gasteiger charge is -2.44. The number of likely N-dealkylation sites (tertiary alicyclic amines) is 1. The van der Waals surface area contributed by atoms with Crippen LogP contribution in [0.15, 0.2) is 18.3 Å². The summed E-state index contributed by atoms with van der Waals surface area (Å²) in [5, 5.41) is 20.6. The quantitative estimate of drug-likeness (QED) is 0.423. The highest BCUT2D eigenvalue weighted by Gasteiger charge is 2.30. The number of piperazine rings is 1. The van der Waals surface area contributed by atoms with E-state index >= 15 is 4.39 Å². The van der Waals surface area contributed by atoms with Crippen molar-refractivity contribution >= 4 is 52.2 Å². The smallest absolute Gasteiger partial charge is 0.279 e. The van der Waals surface area contributed by atoms with E-state index in [4.69, 9.17) is 23.2 Å². The van der Waals surface area contributed by atoms with Gasteiger partial charge in [0.05, 0.1) is 17.6 Å². The number of halogens is 3. The number of rotatable bonds is 6. The normalized spacial score (nSPS) is 20.5. The maximum Gasteiger partial charge on any atom is 0.279 e. The number of anilines is 3. The minimum absolute atomic E-state index is 0.0166. The SMILES string of the molecule is C[C@@H]1CN(c2cc(F)c(-n3cc(NC(=O)C4CCN(C)CC4)nn3)cc2NC(=O)c2nnc(Cl)nc2Cl)C[C@H](C)N1C. The molecule has 1 aromatic carbocycles. The van der Waals surface area contributed by atoms with Crippen molar-refractivity contribution in [1.29, 1.82) is 0 Å². The molecule has 224 valence electrons. The molecule has 5 rings (SSSR count). The number of nitrogens with one attached hydrogen (secondary N) is 2. The molecule has 0 radical (unpaired) electrons. The van der Waals surface area contributed by atoms with Crippen LogP contribution in [0.4, 0.5) is 21.6 Å². The van der Waals surface area contributed by atoms with Crippen molar-refractivity contribution < 1.29 is 14.0 Å². The average molecular weight is 621 g/mol. The topological polar surface area (TPSA) is 137 Å². The van der Waals surface area contributed by atoms with Crippen molar-refractivity contribution in [3.05, 3.63) is 40.3 Å². The summed E-state index contributed by atoms with van der Waals surface area (Å²) in [7, 11) is 4.07. The van der Waals surface area contributed by atoms with E-state index in [1.54, 1.807) is 0 Å². The van der Waals surface area contributed by atoms with Crippen LogP contribution in [0, 0.1) is 11.7 Å². The van der Waals surface area contributed by atoms with Crippen molar-refractivity contribution in [3.63, 3.8) is 0 Å². The third kappa shape index (κ3) is 6.46. The van der Waals surface area contributed by atoms with Gasteiger partial charge in [0.25, 0.3) is 5.91 Å². The number of hydrogen-bond acceptors (Lipinski definition) is 10. The first kappa shape index (κ1) is 30.0. The van der Waals surface area contributed by atoms with Gasteiger partial charge in [-0.3, -0.25) is 14.5 Å². The van der Waals surface area contributed by atoms with Crippen LogP contribution in [0.5, 0.6) is 0 Å². The monoisotopic (exact) mass is 619 g/mol. The molecule has 2 fully saturated rings. The third-order valence-electron chi connectivity index (χ3n) is 7.93. The number of aromatic nitrogens is 6. The molecule has 0 bridgehead atoms. The summed E-state index contributed by atoms with van der Waals surface area (Å²) in [5.41, 5.74) is 0.541. The molecule has 0 spiro atoms. The maximum atomic E-state index is 15.7. The second-order valence-corrected chi connectivity index (χ2v) is 11.6. The molecule has 16 heteroatoms. The fourth-order valence-corrected chi connectivity index (χ4v) is 5.61. The standard InChI is InChI=1S/C26H32Cl2FN11O2/c1-14-11-39(12-15(2)38(14)4)20-9-17(29)19(10-18(20)30-25(42)22-23(27)32-26(28)35-34-22)40-13-21(33-36-40)31-24(41)16-5-7-37(3)8-6-16/h9-10,13-16H,5-8,11-12H2,1-4H3,(H,30,42)(H,31,41)/t14-,15+. The fraction of sp³-hybridized carbons (Fsp3) is 0.500. The minimum atomic E-state index is -0.699. The average Bonchev–Trinajstić information content (AvgIpc) is 3.40. The maximum absolute atomic E-state index is 15.7. The Kier molecular flexibility index (Phi) is 8.87. The lowest BCUT2D eigenvalue weighted by Crippen LogP contribution is -2.55.